The van der Waals surface area contributed by atoms with E-state index in [-0.39, 0.29) is 0 Å². The summed E-state index contributed by atoms with van der Waals surface area (Å²) in [6.07, 6.45) is 0. The second-order valence-electron chi connectivity index (χ2n) is 4.71. The average molecular weight is 319 g/mol. The van der Waals surface area contributed by atoms with Crippen molar-refractivity contribution in [3.8, 4) is 0 Å². The SMILES string of the molecule is [F][Zr]([F])([F])([F])([F])([F])([F])([F])([F])([F])([F])[F]. The molecule has 0 fully saturated rings. The van der Waals surface area contributed by atoms with Crippen LogP contribution < -0.4 is 0 Å². The third-order valence-corrected chi connectivity index (χ3v) is 0. The van der Waals surface area contributed by atoms with E-state index in [9.17, 15) is 31.5 Å². The summed E-state index contributed by atoms with van der Waals surface area (Å²) in [4.78, 5) is 0. The molecule has 0 aromatic heterocycles. The molecule has 0 atom stereocenters. The molecule has 0 aliphatic heterocycles. The van der Waals surface area contributed by atoms with Crippen molar-refractivity contribution in [2.75, 3.05) is 0 Å². The van der Waals surface area contributed by atoms with Crippen LogP contribution in [-0.2, 0) is 15.7 Å². The Morgan fingerprint density at radius 2 is 0.308 bits per heavy atom. The summed E-state index contributed by atoms with van der Waals surface area (Å²) in [5, 5.41) is 0. The monoisotopic (exact) mass is 318 g/mol. The third-order valence-electron chi connectivity index (χ3n) is 0. The van der Waals surface area contributed by atoms with Crippen LogP contribution in [0, 0.1) is 0 Å². The van der Waals surface area contributed by atoms with Gasteiger partial charge in [0, 0.05) is 0 Å². The molecule has 0 saturated heterocycles. The first-order valence-corrected chi connectivity index (χ1v) is 13.4. The van der Waals surface area contributed by atoms with Crippen LogP contribution in [0.25, 0.3) is 0 Å². The molecule has 0 unspecified atom stereocenters. The summed E-state index contributed by atoms with van der Waals surface area (Å²) < 4.78 is 120. The molecule has 0 aliphatic carbocycles. The Morgan fingerprint density at radius 1 is 0.308 bits per heavy atom. The molecule has 0 spiro atoms. The molecule has 0 nitrogen and oxygen atoms in total. The van der Waals surface area contributed by atoms with Crippen LogP contribution in [0.2, 0.25) is 0 Å². The van der Waals surface area contributed by atoms with Crippen molar-refractivity contribution in [2.24, 2.45) is 0 Å². The molecule has 13 heteroatoms. The van der Waals surface area contributed by atoms with Gasteiger partial charge < -0.3 is 0 Å². The minimum absolute atomic E-state index is 9.97. The molecule has 13 heavy (non-hydrogen) atoms. The fourth-order valence-corrected chi connectivity index (χ4v) is 0. The molecule has 0 saturated carbocycles. The predicted molar refractivity (Wildman–Crippen MR) is 13.3 cm³/mol. The number of hydrogen-bond donors (Lipinski definition) is 0. The van der Waals surface area contributed by atoms with Crippen LogP contribution in [0.4, 0.5) is 31.5 Å². The van der Waals surface area contributed by atoms with Crippen LogP contribution >= 0.6 is 0 Å². The van der Waals surface area contributed by atoms with Crippen molar-refractivity contribution in [1.29, 1.82) is 0 Å². The summed E-state index contributed by atoms with van der Waals surface area (Å²) in [5.74, 6) is 0. The Labute approximate surface area is 47.9 Å². The van der Waals surface area contributed by atoms with Crippen LogP contribution in [0.5, 0.6) is 0 Å². The molecule has 0 amide bonds. The fraction of sp³-hybridized carbons (Fsp3) is 0. The van der Waals surface area contributed by atoms with Gasteiger partial charge in [0.15, 0.2) is 0 Å². The van der Waals surface area contributed by atoms with Gasteiger partial charge in [-0.3, -0.25) is 0 Å². The van der Waals surface area contributed by atoms with Crippen molar-refractivity contribution in [2.45, 2.75) is 0 Å². The Balaban J connectivity index is 8.67. The molecule has 0 heterocycles. The van der Waals surface area contributed by atoms with Crippen molar-refractivity contribution < 1.29 is 47.2 Å². The average Bonchev–Trinajstić information content (AvgIpc) is 0.391. The van der Waals surface area contributed by atoms with Gasteiger partial charge >= 0.3 is 47.2 Å². The van der Waals surface area contributed by atoms with Gasteiger partial charge in [0.2, 0.25) is 0 Å². The third kappa shape index (κ3) is 653000. The van der Waals surface area contributed by atoms with Crippen molar-refractivity contribution in [3.05, 3.63) is 0 Å². The summed E-state index contributed by atoms with van der Waals surface area (Å²) in [5.41, 5.74) is 0. The maximum absolute atomic E-state index is 23.5. The standard InChI is InChI=1S/12FH.Zr/h12*1H;/q;;;;;;;;;;;;+12/p-12. The fourth-order valence-electron chi connectivity index (χ4n) is 0. The van der Waals surface area contributed by atoms with Crippen molar-refractivity contribution in [1.82, 2.24) is 0 Å². The molecule has 0 radical (unpaired) electrons. The van der Waals surface area contributed by atoms with E-state index in [1.807, 2.05) is 0 Å². The zero-order chi connectivity index (χ0) is 12.3. The molecule has 0 bridgehead atoms. The first kappa shape index (κ1) is 13.0. The normalized spacial score (nSPS) is 47.1. The zero-order valence-corrected chi connectivity index (χ0v) is 7.49. The van der Waals surface area contributed by atoms with E-state index in [4.69, 9.17) is 0 Å². The van der Waals surface area contributed by atoms with Gasteiger partial charge in [0.05, 0.1) is 0 Å². The Hall–Kier alpha value is 0.0431. The van der Waals surface area contributed by atoms with Gasteiger partial charge in [0.25, 0.3) is 0 Å². The Bertz CT molecular complexity index is 404. The van der Waals surface area contributed by atoms with E-state index >= 15 is 0 Å². The quantitative estimate of drug-likeness (QED) is 0.549. The molecular formula is F12Zr. The first-order valence-electron chi connectivity index (χ1n) is 2.27. The summed E-state index contributed by atoms with van der Waals surface area (Å²) in [7, 11) is 0. The molecular weight excluding hydrogens is 319 g/mol. The van der Waals surface area contributed by atoms with Crippen molar-refractivity contribution in [3.63, 3.8) is 0 Å². The molecule has 0 aliphatic rings. The predicted octanol–water partition coefficient (Wildman–Crippen LogP) is 5.04. The van der Waals surface area contributed by atoms with Crippen LogP contribution in [0.3, 0.4) is 0 Å². The second-order valence-corrected chi connectivity index (χ2v) is 27.9. The molecule has 0 N–H and O–H groups in total. The topological polar surface area (TPSA) is 0 Å². The van der Waals surface area contributed by atoms with E-state index in [1.165, 1.54) is 0 Å². The Morgan fingerprint density at radius 3 is 0.308 bits per heavy atom. The van der Waals surface area contributed by atoms with Crippen LogP contribution in [-0.4, -0.2) is 0 Å². The van der Waals surface area contributed by atoms with Gasteiger partial charge in [-0.1, -0.05) is 0 Å². The first-order chi connectivity index (χ1) is 3.46. The maximum atomic E-state index is 9.97. The van der Waals surface area contributed by atoms with E-state index in [1.54, 1.807) is 0 Å². The Kier molecular flexibility index (Phi) is 0.338. The molecule has 0 aromatic rings. The van der Waals surface area contributed by atoms with Crippen LogP contribution in [0.1, 0.15) is 0 Å². The summed E-state index contributed by atoms with van der Waals surface area (Å²) >= 11 is -23.5. The van der Waals surface area contributed by atoms with E-state index < -0.39 is 15.7 Å². The second kappa shape index (κ2) is 0.337. The summed E-state index contributed by atoms with van der Waals surface area (Å²) in [6, 6.07) is 0. The molecule has 88 valence electrons. The number of hydrogen-bond acceptors (Lipinski definition) is 0. The van der Waals surface area contributed by atoms with Gasteiger partial charge in [-0.25, -0.2) is 0 Å². The van der Waals surface area contributed by atoms with E-state index in [0.717, 1.165) is 0 Å². The van der Waals surface area contributed by atoms with E-state index in [0.29, 0.717) is 0 Å². The molecule has 0 aromatic carbocycles. The van der Waals surface area contributed by atoms with Gasteiger partial charge in [-0.05, 0) is 0 Å². The summed E-state index contributed by atoms with van der Waals surface area (Å²) in [6.45, 7) is 0. The van der Waals surface area contributed by atoms with Gasteiger partial charge in [-0.15, -0.1) is 0 Å². The van der Waals surface area contributed by atoms with Gasteiger partial charge in [-0.2, -0.15) is 0 Å². The molecule has 0 rings (SSSR count). The number of halogens is 12. The van der Waals surface area contributed by atoms with Crippen LogP contribution in [0.15, 0.2) is 0 Å². The minimum atomic E-state index is -23.5. The van der Waals surface area contributed by atoms with Crippen molar-refractivity contribution >= 4 is 0 Å². The number of rotatable bonds is 0. The zero-order valence-electron chi connectivity index (χ0n) is 5.04. The van der Waals surface area contributed by atoms with E-state index in [2.05, 4.69) is 0 Å². The van der Waals surface area contributed by atoms with Gasteiger partial charge in [0.1, 0.15) is 0 Å².